The molecule has 2 amide bonds. The van der Waals surface area contributed by atoms with Gasteiger partial charge in [0.05, 0.1) is 16.3 Å². The number of nitrogens with one attached hydrogen (secondary N) is 2. The number of hydrogen-bond donors (Lipinski definition) is 2. The van der Waals surface area contributed by atoms with Gasteiger partial charge in [0.2, 0.25) is 0 Å². The molecule has 0 aliphatic rings. The molecule has 4 nitrogen and oxygen atoms in total. The average Bonchev–Trinajstić information content (AvgIpc) is 2.66. The Morgan fingerprint density at radius 2 is 1.50 bits per heavy atom. The van der Waals surface area contributed by atoms with Crippen molar-refractivity contribution in [3.8, 4) is 0 Å². The minimum Gasteiger partial charge on any atom is -0.322 e. The Morgan fingerprint density at radius 1 is 0.808 bits per heavy atom. The lowest BCUT2D eigenvalue weighted by atomic mass is 10.1. The van der Waals surface area contributed by atoms with E-state index in [0.29, 0.717) is 16.9 Å². The molecular weight excluding hydrogens is 355 g/mol. The third-order valence-corrected chi connectivity index (χ3v) is 3.92. The van der Waals surface area contributed by atoms with E-state index in [1.54, 1.807) is 48.5 Å². The van der Waals surface area contributed by atoms with Crippen LogP contribution in [0.25, 0.3) is 0 Å². The molecule has 2 N–H and O–H groups in total. The first kappa shape index (κ1) is 17.6. The highest BCUT2D eigenvalue weighted by Gasteiger charge is 2.14. The zero-order valence-corrected chi connectivity index (χ0v) is 14.3. The zero-order valence-electron chi connectivity index (χ0n) is 13.5. The normalized spacial score (nSPS) is 10.2. The molecule has 0 aliphatic heterocycles. The van der Waals surface area contributed by atoms with Gasteiger partial charge in [-0.3, -0.25) is 9.59 Å². The van der Waals surface area contributed by atoms with Crippen molar-refractivity contribution in [2.24, 2.45) is 0 Å². The summed E-state index contributed by atoms with van der Waals surface area (Å²) in [6.07, 6.45) is 0. The third kappa shape index (κ3) is 4.07. The van der Waals surface area contributed by atoms with E-state index < -0.39 is 11.7 Å². The first-order valence-corrected chi connectivity index (χ1v) is 8.14. The molecule has 0 radical (unpaired) electrons. The standard InChI is InChI=1S/C20H14ClFN2O2/c21-16-12-14(10-11-17(16)22)23-20(26)15-8-4-5-9-18(15)24-19(25)13-6-2-1-3-7-13/h1-12H,(H,23,26)(H,24,25). The molecule has 0 aliphatic carbocycles. The van der Waals surface area contributed by atoms with Crippen LogP contribution in [0.3, 0.4) is 0 Å². The molecule has 0 unspecified atom stereocenters. The van der Waals surface area contributed by atoms with Gasteiger partial charge < -0.3 is 10.6 Å². The molecule has 0 fully saturated rings. The summed E-state index contributed by atoms with van der Waals surface area (Å²) < 4.78 is 13.2. The second-order valence-electron chi connectivity index (χ2n) is 5.45. The molecular formula is C20H14ClFN2O2. The van der Waals surface area contributed by atoms with Gasteiger partial charge in [0.15, 0.2) is 0 Å². The summed E-state index contributed by atoms with van der Waals surface area (Å²) in [6, 6.07) is 19.2. The number of benzene rings is 3. The fourth-order valence-electron chi connectivity index (χ4n) is 2.35. The van der Waals surface area contributed by atoms with Crippen molar-refractivity contribution in [1.82, 2.24) is 0 Å². The Morgan fingerprint density at radius 3 is 2.23 bits per heavy atom. The summed E-state index contributed by atoms with van der Waals surface area (Å²) in [7, 11) is 0. The summed E-state index contributed by atoms with van der Waals surface area (Å²) in [5, 5.41) is 5.28. The molecule has 0 atom stereocenters. The number of hydrogen-bond acceptors (Lipinski definition) is 2. The number of para-hydroxylation sites is 1. The Bertz CT molecular complexity index is 961. The monoisotopic (exact) mass is 368 g/mol. The molecule has 0 spiro atoms. The lowest BCUT2D eigenvalue weighted by Crippen LogP contribution is -2.18. The van der Waals surface area contributed by atoms with Crippen LogP contribution in [-0.2, 0) is 0 Å². The summed E-state index contributed by atoms with van der Waals surface area (Å²) in [5.41, 5.74) is 1.47. The fraction of sp³-hybridized carbons (Fsp3) is 0. The second kappa shape index (κ2) is 7.80. The van der Waals surface area contributed by atoms with Gasteiger partial charge in [0.25, 0.3) is 11.8 Å². The molecule has 3 aromatic rings. The van der Waals surface area contributed by atoms with E-state index in [9.17, 15) is 14.0 Å². The molecule has 0 heterocycles. The number of rotatable bonds is 4. The minimum absolute atomic E-state index is 0.0894. The predicted octanol–water partition coefficient (Wildman–Crippen LogP) is 4.98. The van der Waals surface area contributed by atoms with Crippen molar-refractivity contribution in [1.29, 1.82) is 0 Å². The molecule has 0 aromatic heterocycles. The number of carbonyl (C=O) groups excluding carboxylic acids is 2. The van der Waals surface area contributed by atoms with Crippen molar-refractivity contribution in [3.63, 3.8) is 0 Å². The van der Waals surface area contributed by atoms with Gasteiger partial charge in [0, 0.05) is 11.3 Å². The lowest BCUT2D eigenvalue weighted by Gasteiger charge is -2.12. The molecule has 0 saturated heterocycles. The Balaban J connectivity index is 1.81. The molecule has 0 bridgehead atoms. The average molecular weight is 369 g/mol. The van der Waals surface area contributed by atoms with E-state index >= 15 is 0 Å². The highest BCUT2D eigenvalue weighted by Crippen LogP contribution is 2.22. The fourth-order valence-corrected chi connectivity index (χ4v) is 2.53. The zero-order chi connectivity index (χ0) is 18.5. The van der Waals surface area contributed by atoms with Crippen molar-refractivity contribution in [2.45, 2.75) is 0 Å². The van der Waals surface area contributed by atoms with E-state index in [2.05, 4.69) is 10.6 Å². The highest BCUT2D eigenvalue weighted by atomic mass is 35.5. The molecule has 3 aromatic carbocycles. The number of amides is 2. The first-order valence-electron chi connectivity index (χ1n) is 7.76. The maximum atomic E-state index is 13.2. The minimum atomic E-state index is -0.569. The summed E-state index contributed by atoms with van der Waals surface area (Å²) >= 11 is 5.73. The van der Waals surface area contributed by atoms with Crippen LogP contribution in [0.5, 0.6) is 0 Å². The van der Waals surface area contributed by atoms with Crippen LogP contribution in [-0.4, -0.2) is 11.8 Å². The number of halogens is 2. The van der Waals surface area contributed by atoms with E-state index in [-0.39, 0.29) is 16.5 Å². The van der Waals surface area contributed by atoms with Crippen LogP contribution in [0, 0.1) is 5.82 Å². The van der Waals surface area contributed by atoms with Gasteiger partial charge in [0.1, 0.15) is 5.82 Å². The quantitative estimate of drug-likeness (QED) is 0.682. The predicted molar refractivity (Wildman–Crippen MR) is 100 cm³/mol. The molecule has 3 rings (SSSR count). The Labute approximate surface area is 154 Å². The van der Waals surface area contributed by atoms with Gasteiger partial charge in [-0.1, -0.05) is 41.9 Å². The van der Waals surface area contributed by atoms with Crippen molar-refractivity contribution >= 4 is 34.8 Å². The van der Waals surface area contributed by atoms with Crippen molar-refractivity contribution < 1.29 is 14.0 Å². The van der Waals surface area contributed by atoms with E-state index in [4.69, 9.17) is 11.6 Å². The highest BCUT2D eigenvalue weighted by molar-refractivity contribution is 6.31. The number of anilines is 2. The summed E-state index contributed by atoms with van der Waals surface area (Å²) in [6.45, 7) is 0. The topological polar surface area (TPSA) is 58.2 Å². The van der Waals surface area contributed by atoms with Crippen molar-refractivity contribution in [2.75, 3.05) is 10.6 Å². The van der Waals surface area contributed by atoms with Crippen LogP contribution >= 0.6 is 11.6 Å². The lowest BCUT2D eigenvalue weighted by molar-refractivity contribution is 0.102. The Hall–Kier alpha value is -3.18. The molecule has 0 saturated carbocycles. The second-order valence-corrected chi connectivity index (χ2v) is 5.86. The smallest absolute Gasteiger partial charge is 0.257 e. The summed E-state index contributed by atoms with van der Waals surface area (Å²) in [5.74, 6) is -1.34. The maximum Gasteiger partial charge on any atom is 0.257 e. The van der Waals surface area contributed by atoms with Gasteiger partial charge in [-0.15, -0.1) is 0 Å². The van der Waals surface area contributed by atoms with Gasteiger partial charge >= 0.3 is 0 Å². The van der Waals surface area contributed by atoms with Gasteiger partial charge in [-0.2, -0.15) is 0 Å². The maximum absolute atomic E-state index is 13.2. The molecule has 6 heteroatoms. The largest absolute Gasteiger partial charge is 0.322 e. The van der Waals surface area contributed by atoms with Crippen LogP contribution < -0.4 is 10.6 Å². The summed E-state index contributed by atoms with van der Waals surface area (Å²) in [4.78, 5) is 24.9. The van der Waals surface area contributed by atoms with Crippen LogP contribution in [0.15, 0.2) is 72.8 Å². The van der Waals surface area contributed by atoms with E-state index in [1.807, 2.05) is 6.07 Å². The van der Waals surface area contributed by atoms with Crippen LogP contribution in [0.2, 0.25) is 5.02 Å². The van der Waals surface area contributed by atoms with E-state index in [1.165, 1.54) is 18.2 Å². The van der Waals surface area contributed by atoms with E-state index in [0.717, 1.165) is 0 Å². The van der Waals surface area contributed by atoms with Gasteiger partial charge in [-0.25, -0.2) is 4.39 Å². The first-order chi connectivity index (χ1) is 12.5. The van der Waals surface area contributed by atoms with Crippen molar-refractivity contribution in [3.05, 3.63) is 94.8 Å². The van der Waals surface area contributed by atoms with Gasteiger partial charge in [-0.05, 0) is 42.5 Å². The number of carbonyl (C=O) groups is 2. The SMILES string of the molecule is O=C(Nc1ccccc1C(=O)Nc1ccc(F)c(Cl)c1)c1ccccc1. The Kier molecular flexibility index (Phi) is 5.29. The van der Waals surface area contributed by atoms with Crippen LogP contribution in [0.4, 0.5) is 15.8 Å². The van der Waals surface area contributed by atoms with Crippen LogP contribution in [0.1, 0.15) is 20.7 Å². The third-order valence-electron chi connectivity index (χ3n) is 3.63. The molecule has 26 heavy (non-hydrogen) atoms. The molecule has 130 valence electrons.